The van der Waals surface area contributed by atoms with Crippen LogP contribution in [0.2, 0.25) is 0 Å². The Morgan fingerprint density at radius 2 is 2.14 bits per heavy atom. The Balaban J connectivity index is 2.42. The van der Waals surface area contributed by atoms with Crippen LogP contribution in [0.15, 0.2) is 0 Å². The minimum absolute atomic E-state index is 0.142. The zero-order valence-corrected chi connectivity index (χ0v) is 9.08. The van der Waals surface area contributed by atoms with E-state index in [0.717, 1.165) is 19.6 Å². The highest BCUT2D eigenvalue weighted by Crippen LogP contribution is 2.08. The molecule has 1 amide bonds. The van der Waals surface area contributed by atoms with Gasteiger partial charge >= 0.3 is 0 Å². The third-order valence-corrected chi connectivity index (χ3v) is 2.18. The van der Waals surface area contributed by atoms with Gasteiger partial charge in [-0.15, -0.1) is 0 Å². The molecule has 1 aliphatic rings. The summed E-state index contributed by atoms with van der Waals surface area (Å²) in [5.74, 6) is 0.142. The summed E-state index contributed by atoms with van der Waals surface area (Å²) in [6, 6.07) is 0. The van der Waals surface area contributed by atoms with Gasteiger partial charge in [0.15, 0.2) is 0 Å². The van der Waals surface area contributed by atoms with Crippen LogP contribution in [0.5, 0.6) is 0 Å². The predicted octanol–water partition coefficient (Wildman–Crippen LogP) is 0.363. The highest BCUT2D eigenvalue weighted by Gasteiger charge is 2.21. The van der Waals surface area contributed by atoms with E-state index < -0.39 is 5.54 Å². The lowest BCUT2D eigenvalue weighted by Crippen LogP contribution is -2.42. The zero-order valence-electron chi connectivity index (χ0n) is 9.08. The van der Waals surface area contributed by atoms with E-state index in [1.165, 1.54) is 0 Å². The van der Waals surface area contributed by atoms with Crippen LogP contribution >= 0.6 is 0 Å². The lowest BCUT2D eigenvalue weighted by atomic mass is 10.0. The van der Waals surface area contributed by atoms with E-state index in [-0.39, 0.29) is 5.91 Å². The second-order valence-corrected chi connectivity index (χ2v) is 4.51. The van der Waals surface area contributed by atoms with Gasteiger partial charge in [-0.05, 0) is 20.3 Å². The molecule has 1 fully saturated rings. The van der Waals surface area contributed by atoms with E-state index in [1.807, 2.05) is 18.7 Å². The maximum atomic E-state index is 11.8. The number of carbonyl (C=O) groups is 1. The number of nitrogens with two attached hydrogens (primary N) is 1. The Bertz CT molecular complexity index is 191. The first kappa shape index (κ1) is 11.5. The Hall–Kier alpha value is -0.610. The van der Waals surface area contributed by atoms with Gasteiger partial charge in [0.1, 0.15) is 0 Å². The SMILES string of the molecule is CC(C)(N)CC(=O)N1CCCOCC1. The van der Waals surface area contributed by atoms with Crippen molar-refractivity contribution in [2.75, 3.05) is 26.3 Å². The van der Waals surface area contributed by atoms with E-state index in [0.29, 0.717) is 19.6 Å². The predicted molar refractivity (Wildman–Crippen MR) is 54.9 cm³/mol. The maximum Gasteiger partial charge on any atom is 0.224 e. The summed E-state index contributed by atoms with van der Waals surface area (Å²) >= 11 is 0. The first-order valence-electron chi connectivity index (χ1n) is 5.13. The largest absolute Gasteiger partial charge is 0.380 e. The Morgan fingerprint density at radius 1 is 1.43 bits per heavy atom. The number of hydrogen-bond acceptors (Lipinski definition) is 3. The normalized spacial score (nSPS) is 19.2. The van der Waals surface area contributed by atoms with E-state index in [2.05, 4.69) is 0 Å². The van der Waals surface area contributed by atoms with Crippen LogP contribution in [0.25, 0.3) is 0 Å². The fraction of sp³-hybridized carbons (Fsp3) is 0.900. The van der Waals surface area contributed by atoms with Gasteiger partial charge in [-0.3, -0.25) is 4.79 Å². The van der Waals surface area contributed by atoms with Crippen molar-refractivity contribution in [3.8, 4) is 0 Å². The second kappa shape index (κ2) is 4.75. The van der Waals surface area contributed by atoms with Crippen molar-refractivity contribution in [3.05, 3.63) is 0 Å². The number of rotatable bonds is 2. The molecule has 1 heterocycles. The molecule has 0 bridgehead atoms. The van der Waals surface area contributed by atoms with Gasteiger partial charge in [-0.1, -0.05) is 0 Å². The highest BCUT2D eigenvalue weighted by atomic mass is 16.5. The fourth-order valence-corrected chi connectivity index (χ4v) is 1.50. The molecule has 0 aromatic heterocycles. The smallest absolute Gasteiger partial charge is 0.224 e. The number of hydrogen-bond donors (Lipinski definition) is 1. The summed E-state index contributed by atoms with van der Waals surface area (Å²) in [5.41, 5.74) is 5.39. The zero-order chi connectivity index (χ0) is 10.6. The molecule has 0 radical (unpaired) electrons. The molecule has 0 spiro atoms. The van der Waals surface area contributed by atoms with E-state index in [9.17, 15) is 4.79 Å². The van der Waals surface area contributed by atoms with Gasteiger partial charge < -0.3 is 15.4 Å². The molecular weight excluding hydrogens is 180 g/mol. The number of amides is 1. The monoisotopic (exact) mass is 200 g/mol. The Kier molecular flexibility index (Phi) is 3.89. The summed E-state index contributed by atoms with van der Waals surface area (Å²) in [4.78, 5) is 13.6. The van der Waals surface area contributed by atoms with Crippen molar-refractivity contribution in [1.29, 1.82) is 0 Å². The molecule has 82 valence electrons. The van der Waals surface area contributed by atoms with Crippen molar-refractivity contribution in [2.24, 2.45) is 5.73 Å². The average Bonchev–Trinajstić information content (AvgIpc) is 2.27. The lowest BCUT2D eigenvalue weighted by molar-refractivity contribution is -0.132. The summed E-state index contributed by atoms with van der Waals surface area (Å²) < 4.78 is 5.28. The van der Waals surface area contributed by atoms with Crippen LogP contribution in [-0.4, -0.2) is 42.6 Å². The first-order valence-corrected chi connectivity index (χ1v) is 5.13. The summed E-state index contributed by atoms with van der Waals surface area (Å²) in [5, 5.41) is 0. The van der Waals surface area contributed by atoms with Crippen molar-refractivity contribution in [3.63, 3.8) is 0 Å². The van der Waals surface area contributed by atoms with Gasteiger partial charge in [0.25, 0.3) is 0 Å². The first-order chi connectivity index (χ1) is 6.49. The molecule has 0 aromatic rings. The van der Waals surface area contributed by atoms with Crippen LogP contribution in [-0.2, 0) is 9.53 Å². The van der Waals surface area contributed by atoms with Crippen molar-refractivity contribution in [2.45, 2.75) is 32.2 Å². The molecule has 0 aliphatic carbocycles. The summed E-state index contributed by atoms with van der Waals surface area (Å²) in [6.07, 6.45) is 1.34. The number of carbonyl (C=O) groups excluding carboxylic acids is 1. The van der Waals surface area contributed by atoms with Crippen LogP contribution in [0.3, 0.4) is 0 Å². The Morgan fingerprint density at radius 3 is 2.79 bits per heavy atom. The van der Waals surface area contributed by atoms with Crippen molar-refractivity contribution >= 4 is 5.91 Å². The molecule has 0 saturated carbocycles. The third kappa shape index (κ3) is 4.07. The molecule has 1 saturated heterocycles. The van der Waals surface area contributed by atoms with Crippen LogP contribution < -0.4 is 5.73 Å². The van der Waals surface area contributed by atoms with Gasteiger partial charge in [-0.25, -0.2) is 0 Å². The topological polar surface area (TPSA) is 55.6 Å². The van der Waals surface area contributed by atoms with E-state index in [1.54, 1.807) is 0 Å². The average molecular weight is 200 g/mol. The third-order valence-electron chi connectivity index (χ3n) is 2.18. The van der Waals surface area contributed by atoms with Gasteiger partial charge in [0.2, 0.25) is 5.91 Å². The molecule has 0 atom stereocenters. The quantitative estimate of drug-likeness (QED) is 0.700. The molecule has 4 nitrogen and oxygen atoms in total. The molecular formula is C10H20N2O2. The minimum Gasteiger partial charge on any atom is -0.380 e. The van der Waals surface area contributed by atoms with Crippen molar-refractivity contribution in [1.82, 2.24) is 4.90 Å². The second-order valence-electron chi connectivity index (χ2n) is 4.51. The molecule has 14 heavy (non-hydrogen) atoms. The van der Waals surface area contributed by atoms with Gasteiger partial charge in [-0.2, -0.15) is 0 Å². The molecule has 1 rings (SSSR count). The van der Waals surface area contributed by atoms with E-state index >= 15 is 0 Å². The van der Waals surface area contributed by atoms with Gasteiger partial charge in [0.05, 0.1) is 6.61 Å². The summed E-state index contributed by atoms with van der Waals surface area (Å²) in [7, 11) is 0. The number of ether oxygens (including phenoxy) is 1. The van der Waals surface area contributed by atoms with Crippen LogP contribution in [0.4, 0.5) is 0 Å². The minimum atomic E-state index is -0.412. The molecule has 0 unspecified atom stereocenters. The molecule has 4 heteroatoms. The molecule has 1 aliphatic heterocycles. The Labute approximate surface area is 85.4 Å². The highest BCUT2D eigenvalue weighted by molar-refractivity contribution is 5.77. The summed E-state index contributed by atoms with van der Waals surface area (Å²) in [6.45, 7) is 6.66. The van der Waals surface area contributed by atoms with Crippen LogP contribution in [0, 0.1) is 0 Å². The molecule has 2 N–H and O–H groups in total. The van der Waals surface area contributed by atoms with E-state index in [4.69, 9.17) is 10.5 Å². The lowest BCUT2D eigenvalue weighted by Gasteiger charge is -2.24. The van der Waals surface area contributed by atoms with Crippen molar-refractivity contribution < 1.29 is 9.53 Å². The van der Waals surface area contributed by atoms with Crippen LogP contribution in [0.1, 0.15) is 26.7 Å². The standard InChI is InChI=1S/C10H20N2O2/c1-10(2,11)8-9(13)12-4-3-6-14-7-5-12/h3-8,11H2,1-2H3. The van der Waals surface area contributed by atoms with Gasteiger partial charge in [0, 0.05) is 31.7 Å². The number of nitrogens with zero attached hydrogens (tertiary/aromatic N) is 1. The molecule has 0 aromatic carbocycles. The maximum absolute atomic E-state index is 11.8. The fourth-order valence-electron chi connectivity index (χ4n) is 1.50.